The molecule has 0 unspecified atom stereocenters. The van der Waals surface area contributed by atoms with Crippen LogP contribution in [0.15, 0.2) is 52.4 Å². The molecule has 3 rings (SSSR count). The fourth-order valence-corrected chi connectivity index (χ4v) is 6.29. The van der Waals surface area contributed by atoms with E-state index in [9.17, 15) is 13.2 Å². The van der Waals surface area contributed by atoms with Crippen LogP contribution in [0.5, 0.6) is 0 Å². The standard InChI is InChI=1S/C26H29N5O3S2/c1-4-15-31-23-12-9-21(19(2)3)18-24(23)35-26(31)29-25(32)20-7-10-22(11-8-20)36(33,34)30(16-5-13-27)17-6-14-28/h7-12,18-19H,4-6,15-17H2,1-3H3. The van der Waals surface area contributed by atoms with Gasteiger partial charge in [0, 0.05) is 38.0 Å². The summed E-state index contributed by atoms with van der Waals surface area (Å²) < 4.78 is 30.2. The van der Waals surface area contributed by atoms with Crippen LogP contribution in [0, 0.1) is 22.7 Å². The minimum absolute atomic E-state index is 0.000876. The maximum atomic E-state index is 13.0. The number of benzene rings is 2. The number of thiazole rings is 1. The average Bonchev–Trinajstić information content (AvgIpc) is 3.20. The molecule has 0 saturated heterocycles. The molecule has 10 heteroatoms. The minimum atomic E-state index is -3.90. The van der Waals surface area contributed by atoms with Crippen LogP contribution in [-0.2, 0) is 16.6 Å². The highest BCUT2D eigenvalue weighted by Gasteiger charge is 2.24. The highest BCUT2D eigenvalue weighted by molar-refractivity contribution is 7.89. The van der Waals surface area contributed by atoms with Crippen LogP contribution in [0.1, 0.15) is 61.9 Å². The normalized spacial score (nSPS) is 12.2. The number of aromatic nitrogens is 1. The highest BCUT2D eigenvalue weighted by Crippen LogP contribution is 2.24. The molecule has 0 spiro atoms. The number of nitrogens with zero attached hydrogens (tertiary/aromatic N) is 5. The predicted molar refractivity (Wildman–Crippen MR) is 140 cm³/mol. The molecule has 188 valence electrons. The Kier molecular flexibility index (Phi) is 9.16. The fourth-order valence-electron chi connectivity index (χ4n) is 3.75. The first-order valence-corrected chi connectivity index (χ1v) is 14.0. The van der Waals surface area contributed by atoms with Gasteiger partial charge < -0.3 is 4.57 Å². The lowest BCUT2D eigenvalue weighted by molar-refractivity contribution is 0.0997. The second kappa shape index (κ2) is 12.1. The zero-order chi connectivity index (χ0) is 26.3. The molecule has 1 aromatic heterocycles. The molecule has 0 aliphatic heterocycles. The number of fused-ring (bicyclic) bond motifs is 1. The number of hydrogen-bond acceptors (Lipinski definition) is 6. The summed E-state index contributed by atoms with van der Waals surface area (Å²) in [6.45, 7) is 7.07. The maximum absolute atomic E-state index is 13.0. The van der Waals surface area contributed by atoms with Crippen molar-refractivity contribution in [3.8, 4) is 12.1 Å². The molecule has 1 amide bonds. The van der Waals surface area contributed by atoms with Crippen molar-refractivity contribution in [1.82, 2.24) is 8.87 Å². The van der Waals surface area contributed by atoms with Crippen molar-refractivity contribution in [3.05, 3.63) is 58.4 Å². The number of carbonyl (C=O) groups is 1. The van der Waals surface area contributed by atoms with Gasteiger partial charge in [-0.3, -0.25) is 4.79 Å². The molecule has 0 radical (unpaired) electrons. The van der Waals surface area contributed by atoms with E-state index in [-0.39, 0.29) is 36.4 Å². The summed E-state index contributed by atoms with van der Waals surface area (Å²) in [5.41, 5.74) is 2.53. The summed E-state index contributed by atoms with van der Waals surface area (Å²) in [4.78, 5) is 18.0. The summed E-state index contributed by atoms with van der Waals surface area (Å²) >= 11 is 1.47. The zero-order valence-electron chi connectivity index (χ0n) is 20.6. The van der Waals surface area contributed by atoms with Crippen LogP contribution >= 0.6 is 11.3 Å². The van der Waals surface area contributed by atoms with Crippen molar-refractivity contribution in [3.63, 3.8) is 0 Å². The molecule has 0 aliphatic rings. The fraction of sp³-hybridized carbons (Fsp3) is 0.385. The van der Waals surface area contributed by atoms with E-state index in [1.54, 1.807) is 0 Å². The monoisotopic (exact) mass is 523 g/mol. The van der Waals surface area contributed by atoms with Gasteiger partial charge in [0.25, 0.3) is 5.91 Å². The Bertz CT molecular complexity index is 1470. The lowest BCUT2D eigenvalue weighted by Gasteiger charge is -2.20. The first-order valence-electron chi connectivity index (χ1n) is 11.8. The second-order valence-corrected chi connectivity index (χ2v) is 11.5. The summed E-state index contributed by atoms with van der Waals surface area (Å²) in [7, 11) is -3.90. The van der Waals surface area contributed by atoms with Crippen molar-refractivity contribution in [1.29, 1.82) is 10.5 Å². The molecule has 0 atom stereocenters. The second-order valence-electron chi connectivity index (χ2n) is 8.58. The summed E-state index contributed by atoms with van der Waals surface area (Å²) in [5.74, 6) is -0.0612. The number of aryl methyl sites for hydroxylation is 1. The Labute approximate surface area is 215 Å². The number of sulfonamides is 1. The van der Waals surface area contributed by atoms with Gasteiger partial charge >= 0.3 is 0 Å². The number of hydrogen-bond donors (Lipinski definition) is 0. The van der Waals surface area contributed by atoms with Crippen LogP contribution in [0.2, 0.25) is 0 Å². The summed E-state index contributed by atoms with van der Waals surface area (Å²) in [5, 5.41) is 17.7. The van der Waals surface area contributed by atoms with Crippen LogP contribution < -0.4 is 4.80 Å². The van der Waals surface area contributed by atoms with Crippen molar-refractivity contribution in [2.75, 3.05) is 13.1 Å². The van der Waals surface area contributed by atoms with Crippen LogP contribution in [-0.4, -0.2) is 36.3 Å². The third-order valence-corrected chi connectivity index (χ3v) is 8.66. The molecular formula is C26H29N5O3S2. The largest absolute Gasteiger partial charge is 0.316 e. The first-order chi connectivity index (χ1) is 17.2. The van der Waals surface area contributed by atoms with E-state index < -0.39 is 15.9 Å². The molecule has 0 fully saturated rings. The molecule has 3 aromatic rings. The molecule has 36 heavy (non-hydrogen) atoms. The Morgan fingerprint density at radius 3 is 2.28 bits per heavy atom. The SMILES string of the molecule is CCCn1c(=NC(=O)c2ccc(S(=O)(=O)N(CCC#N)CCC#N)cc2)sc2cc(C(C)C)ccc21. The van der Waals surface area contributed by atoms with Gasteiger partial charge in [0.2, 0.25) is 10.0 Å². The molecule has 0 bridgehead atoms. The first kappa shape index (κ1) is 27.3. The molecule has 8 nitrogen and oxygen atoms in total. The molecule has 0 N–H and O–H groups in total. The average molecular weight is 524 g/mol. The molecule has 2 aromatic carbocycles. The van der Waals surface area contributed by atoms with E-state index >= 15 is 0 Å². The maximum Gasteiger partial charge on any atom is 0.279 e. The third kappa shape index (κ3) is 6.08. The van der Waals surface area contributed by atoms with Crippen molar-refractivity contribution >= 4 is 37.5 Å². The van der Waals surface area contributed by atoms with E-state index in [1.165, 1.54) is 41.2 Å². The Morgan fingerprint density at radius 2 is 1.72 bits per heavy atom. The zero-order valence-corrected chi connectivity index (χ0v) is 22.3. The molecular weight excluding hydrogens is 494 g/mol. The summed E-state index contributed by atoms with van der Waals surface area (Å²) in [6.07, 6.45) is 0.928. The van der Waals surface area contributed by atoms with E-state index in [0.717, 1.165) is 27.5 Å². The van der Waals surface area contributed by atoms with E-state index in [1.807, 2.05) is 16.7 Å². The van der Waals surface area contributed by atoms with Gasteiger partial charge in [-0.2, -0.15) is 19.8 Å². The lowest BCUT2D eigenvalue weighted by Crippen LogP contribution is -2.32. The van der Waals surface area contributed by atoms with Crippen LogP contribution in [0.3, 0.4) is 0 Å². The van der Waals surface area contributed by atoms with Crippen molar-refractivity contribution in [2.45, 2.75) is 57.4 Å². The van der Waals surface area contributed by atoms with Gasteiger partial charge in [0.15, 0.2) is 4.80 Å². The van der Waals surface area contributed by atoms with Gasteiger partial charge in [0.05, 0.1) is 27.3 Å². The quantitative estimate of drug-likeness (QED) is 0.378. The van der Waals surface area contributed by atoms with E-state index in [0.29, 0.717) is 10.7 Å². The van der Waals surface area contributed by atoms with E-state index in [2.05, 4.69) is 44.0 Å². The van der Waals surface area contributed by atoms with Gasteiger partial charge in [-0.05, 0) is 54.3 Å². The van der Waals surface area contributed by atoms with Gasteiger partial charge in [-0.25, -0.2) is 8.42 Å². The van der Waals surface area contributed by atoms with Crippen LogP contribution in [0.25, 0.3) is 10.2 Å². The number of amides is 1. The third-order valence-electron chi connectivity index (χ3n) is 5.70. The van der Waals surface area contributed by atoms with Crippen molar-refractivity contribution < 1.29 is 13.2 Å². The number of nitriles is 2. The lowest BCUT2D eigenvalue weighted by atomic mass is 10.0. The Morgan fingerprint density at radius 1 is 1.08 bits per heavy atom. The minimum Gasteiger partial charge on any atom is -0.316 e. The number of carbonyl (C=O) groups excluding carboxylic acids is 1. The van der Waals surface area contributed by atoms with Gasteiger partial charge in [-0.15, -0.1) is 0 Å². The highest BCUT2D eigenvalue weighted by atomic mass is 32.2. The number of rotatable bonds is 10. The molecule has 0 saturated carbocycles. The predicted octanol–water partition coefficient (Wildman–Crippen LogP) is 4.80. The summed E-state index contributed by atoms with van der Waals surface area (Å²) in [6, 6.07) is 15.8. The Balaban J connectivity index is 1.94. The van der Waals surface area contributed by atoms with Crippen molar-refractivity contribution in [2.24, 2.45) is 4.99 Å². The molecule has 0 aliphatic carbocycles. The van der Waals surface area contributed by atoms with Crippen LogP contribution in [0.4, 0.5) is 0 Å². The van der Waals surface area contributed by atoms with Gasteiger partial charge in [-0.1, -0.05) is 38.2 Å². The smallest absolute Gasteiger partial charge is 0.279 e. The van der Waals surface area contributed by atoms with Gasteiger partial charge in [0.1, 0.15) is 0 Å². The Hall–Kier alpha value is -3.31. The topological polar surface area (TPSA) is 119 Å². The molecule has 1 heterocycles. The van der Waals surface area contributed by atoms with E-state index in [4.69, 9.17) is 10.5 Å².